The number of fused-ring (bicyclic) bond motifs is 14. The molecule has 0 unspecified atom stereocenters. The monoisotopic (exact) mass is 611 g/mol. The Labute approximate surface area is 274 Å². The maximum atomic E-state index is 7.01. The van der Waals surface area contributed by atoms with Gasteiger partial charge in [0.2, 0.25) is 0 Å². The first-order chi connectivity index (χ1) is 23.8. The zero-order valence-corrected chi connectivity index (χ0v) is 25.7. The molecule has 0 bridgehead atoms. The van der Waals surface area contributed by atoms with Crippen LogP contribution < -0.4 is 0 Å². The van der Waals surface area contributed by atoms with E-state index in [9.17, 15) is 0 Å². The smallest absolute Gasteiger partial charge is 0.165 e. The molecule has 0 radical (unpaired) electrons. The third-order valence-electron chi connectivity index (χ3n) is 9.94. The molecule has 222 valence electrons. The van der Waals surface area contributed by atoms with Crippen LogP contribution in [0.3, 0.4) is 0 Å². The first-order valence-corrected chi connectivity index (χ1v) is 16.3. The summed E-state index contributed by atoms with van der Waals surface area (Å²) in [5, 5.41) is 11.6. The van der Waals surface area contributed by atoms with Crippen LogP contribution in [0.15, 0.2) is 156 Å². The average Bonchev–Trinajstić information content (AvgIpc) is 3.71. The molecule has 0 N–H and O–H groups in total. The molecular formula is C44H25N3O. The number of furan rings is 1. The van der Waals surface area contributed by atoms with Crippen LogP contribution in [0.2, 0.25) is 0 Å². The Morgan fingerprint density at radius 1 is 0.438 bits per heavy atom. The van der Waals surface area contributed by atoms with Crippen LogP contribution in [-0.4, -0.2) is 14.5 Å². The number of nitrogens with zero attached hydrogens (tertiary/aromatic N) is 3. The fourth-order valence-electron chi connectivity index (χ4n) is 7.92. The van der Waals surface area contributed by atoms with Crippen LogP contribution in [0.4, 0.5) is 0 Å². The fourth-order valence-corrected chi connectivity index (χ4v) is 7.92. The summed E-state index contributed by atoms with van der Waals surface area (Å²) in [6.07, 6.45) is 0. The van der Waals surface area contributed by atoms with E-state index in [-0.39, 0.29) is 0 Å². The van der Waals surface area contributed by atoms with Gasteiger partial charge in [-0.25, -0.2) is 9.97 Å². The minimum Gasteiger partial charge on any atom is -0.454 e. The molecule has 0 aliphatic carbocycles. The Kier molecular flexibility index (Phi) is 5.08. The van der Waals surface area contributed by atoms with Crippen LogP contribution in [0.5, 0.6) is 0 Å². The van der Waals surface area contributed by atoms with Crippen molar-refractivity contribution >= 4 is 87.1 Å². The van der Waals surface area contributed by atoms with E-state index >= 15 is 0 Å². The summed E-state index contributed by atoms with van der Waals surface area (Å²) in [5.74, 6) is 0.776. The predicted octanol–water partition coefficient (Wildman–Crippen LogP) is 11.8. The normalized spacial score (nSPS) is 12.2. The highest BCUT2D eigenvalue weighted by Gasteiger charge is 2.26. The molecule has 11 aromatic rings. The summed E-state index contributed by atoms with van der Waals surface area (Å²) in [7, 11) is 0. The van der Waals surface area contributed by atoms with Gasteiger partial charge in [-0.3, -0.25) is 4.57 Å². The van der Waals surface area contributed by atoms with E-state index < -0.39 is 0 Å². The lowest BCUT2D eigenvalue weighted by Gasteiger charge is -2.15. The van der Waals surface area contributed by atoms with Crippen molar-refractivity contribution in [3.05, 3.63) is 152 Å². The Morgan fingerprint density at radius 2 is 1.04 bits per heavy atom. The lowest BCUT2D eigenvalue weighted by Crippen LogP contribution is -2.04. The minimum absolute atomic E-state index is 0.776. The Bertz CT molecular complexity index is 3120. The van der Waals surface area contributed by atoms with Crippen LogP contribution in [0, 0.1) is 0 Å². The molecule has 3 heterocycles. The van der Waals surface area contributed by atoms with Gasteiger partial charge in [0.05, 0.1) is 22.1 Å². The molecule has 0 aliphatic rings. The quantitative estimate of drug-likeness (QED) is 0.195. The highest BCUT2D eigenvalue weighted by Crippen LogP contribution is 2.47. The van der Waals surface area contributed by atoms with Gasteiger partial charge in [-0.15, -0.1) is 0 Å². The number of rotatable bonds is 2. The molecule has 3 aromatic heterocycles. The largest absolute Gasteiger partial charge is 0.454 e. The number of aromatic nitrogens is 3. The maximum absolute atomic E-state index is 7.01. The van der Waals surface area contributed by atoms with Crippen molar-refractivity contribution < 1.29 is 4.42 Å². The van der Waals surface area contributed by atoms with Crippen LogP contribution in [0.1, 0.15) is 0 Å². The summed E-state index contributed by atoms with van der Waals surface area (Å²) in [6, 6.07) is 53.3. The van der Waals surface area contributed by atoms with Gasteiger partial charge >= 0.3 is 0 Å². The zero-order valence-electron chi connectivity index (χ0n) is 25.7. The zero-order chi connectivity index (χ0) is 31.3. The van der Waals surface area contributed by atoms with Crippen molar-refractivity contribution in [2.75, 3.05) is 0 Å². The highest BCUT2D eigenvalue weighted by molar-refractivity contribution is 6.37. The summed E-state index contributed by atoms with van der Waals surface area (Å²) in [6.45, 7) is 0. The van der Waals surface area contributed by atoms with E-state index in [0.29, 0.717) is 0 Å². The number of benzene rings is 8. The van der Waals surface area contributed by atoms with Gasteiger partial charge in [-0.05, 0) is 56.6 Å². The van der Waals surface area contributed by atoms with Gasteiger partial charge in [0, 0.05) is 27.1 Å². The van der Waals surface area contributed by atoms with Crippen molar-refractivity contribution in [1.82, 2.24) is 14.5 Å². The molecule has 48 heavy (non-hydrogen) atoms. The topological polar surface area (TPSA) is 43.9 Å². The summed E-state index contributed by atoms with van der Waals surface area (Å²) in [4.78, 5) is 10.8. The van der Waals surface area contributed by atoms with Crippen molar-refractivity contribution in [3.63, 3.8) is 0 Å². The van der Waals surface area contributed by atoms with Gasteiger partial charge < -0.3 is 4.42 Å². The molecule has 0 fully saturated rings. The third kappa shape index (κ3) is 3.38. The molecule has 11 rings (SSSR count). The van der Waals surface area contributed by atoms with Crippen LogP contribution in [0.25, 0.3) is 104 Å². The second-order valence-electron chi connectivity index (χ2n) is 12.5. The lowest BCUT2D eigenvalue weighted by molar-refractivity contribution is 0.671. The molecule has 0 aliphatic heterocycles. The first-order valence-electron chi connectivity index (χ1n) is 16.3. The van der Waals surface area contributed by atoms with E-state index in [0.717, 1.165) is 82.6 Å². The third-order valence-corrected chi connectivity index (χ3v) is 9.94. The summed E-state index contributed by atoms with van der Waals surface area (Å²) < 4.78 is 9.31. The second-order valence-corrected chi connectivity index (χ2v) is 12.5. The lowest BCUT2D eigenvalue weighted by atomic mass is 9.96. The molecule has 0 atom stereocenters. The van der Waals surface area contributed by atoms with Gasteiger partial charge in [0.25, 0.3) is 0 Å². The molecule has 0 spiro atoms. The van der Waals surface area contributed by atoms with E-state index in [4.69, 9.17) is 14.4 Å². The van der Waals surface area contributed by atoms with Crippen molar-refractivity contribution in [2.24, 2.45) is 0 Å². The molecule has 0 amide bonds. The second kappa shape index (κ2) is 9.50. The summed E-state index contributed by atoms with van der Waals surface area (Å²) >= 11 is 0. The SMILES string of the molecule is c1ccc2c(-c3nc4ccccc4nc3-n3c4ccccc4c4c5ccccc5c5c(oc6ccc7ccccc7c65)c43)cccc2c1. The van der Waals surface area contributed by atoms with Gasteiger partial charge in [0.1, 0.15) is 11.3 Å². The summed E-state index contributed by atoms with van der Waals surface area (Å²) in [5.41, 5.74) is 7.35. The van der Waals surface area contributed by atoms with Crippen LogP contribution >= 0.6 is 0 Å². The van der Waals surface area contributed by atoms with Gasteiger partial charge in [-0.1, -0.05) is 127 Å². The minimum atomic E-state index is 0.776. The molecule has 4 heteroatoms. The van der Waals surface area contributed by atoms with Gasteiger partial charge in [0.15, 0.2) is 11.4 Å². The van der Waals surface area contributed by atoms with E-state index in [1.165, 1.54) is 21.5 Å². The number of hydrogen-bond acceptors (Lipinski definition) is 3. The molecule has 8 aromatic carbocycles. The van der Waals surface area contributed by atoms with Crippen LogP contribution in [-0.2, 0) is 0 Å². The van der Waals surface area contributed by atoms with Crippen molar-refractivity contribution in [1.29, 1.82) is 0 Å². The predicted molar refractivity (Wildman–Crippen MR) is 199 cm³/mol. The average molecular weight is 612 g/mol. The number of hydrogen-bond donors (Lipinski definition) is 0. The van der Waals surface area contributed by atoms with Crippen molar-refractivity contribution in [3.8, 4) is 17.1 Å². The van der Waals surface area contributed by atoms with Gasteiger partial charge in [-0.2, -0.15) is 0 Å². The molecule has 0 saturated carbocycles. The molecule has 0 saturated heterocycles. The Hall–Kier alpha value is -6.52. The van der Waals surface area contributed by atoms with E-state index in [1.807, 2.05) is 24.3 Å². The fraction of sp³-hybridized carbons (Fsp3) is 0. The van der Waals surface area contributed by atoms with E-state index in [2.05, 4.69) is 132 Å². The maximum Gasteiger partial charge on any atom is 0.165 e. The highest BCUT2D eigenvalue weighted by atomic mass is 16.3. The number of para-hydroxylation sites is 3. The molecular weight excluding hydrogens is 587 g/mol. The molecule has 4 nitrogen and oxygen atoms in total. The van der Waals surface area contributed by atoms with E-state index in [1.54, 1.807) is 0 Å². The Balaban J connectivity index is 1.41. The first kappa shape index (κ1) is 25.6. The Morgan fingerprint density at radius 3 is 1.85 bits per heavy atom. The van der Waals surface area contributed by atoms with Crippen molar-refractivity contribution in [2.45, 2.75) is 0 Å². The standard InChI is InChI=1S/C44H25N3O/c1-3-15-28-26(12-1)14-11-20-32(28)41-44(46-35-22-9-8-21-34(35)45-41)47-36-23-10-7-19-33(36)38-30-17-5-6-18-31(30)40-39-29-16-4-2-13-27(29)24-25-37(39)48-43(40)42(38)47/h1-25H.